The van der Waals surface area contributed by atoms with Crippen molar-refractivity contribution in [1.29, 1.82) is 0 Å². The molecule has 0 saturated carbocycles. The minimum Gasteiger partial charge on any atom is -0.452 e. The Kier molecular flexibility index (Phi) is 6.23. The van der Waals surface area contributed by atoms with E-state index in [1.54, 1.807) is 12.1 Å². The molecule has 0 aliphatic carbocycles. The first-order valence-electron chi connectivity index (χ1n) is 8.38. The van der Waals surface area contributed by atoms with E-state index < -0.39 is 24.4 Å². The van der Waals surface area contributed by atoms with Crippen molar-refractivity contribution in [2.24, 2.45) is 0 Å². The molecule has 0 saturated heterocycles. The van der Waals surface area contributed by atoms with Crippen molar-refractivity contribution in [2.75, 3.05) is 6.61 Å². The van der Waals surface area contributed by atoms with Crippen molar-refractivity contribution >= 4 is 24.1 Å². The van der Waals surface area contributed by atoms with E-state index in [1.165, 1.54) is 24.3 Å². The van der Waals surface area contributed by atoms with Gasteiger partial charge in [-0.05, 0) is 35.2 Å². The molecule has 2 rings (SSSR count). The first-order valence-corrected chi connectivity index (χ1v) is 8.38. The van der Waals surface area contributed by atoms with Crippen LogP contribution in [0.3, 0.4) is 0 Å². The van der Waals surface area contributed by atoms with Gasteiger partial charge in [0.05, 0.1) is 5.56 Å². The fourth-order valence-corrected chi connectivity index (χ4v) is 2.27. The number of ether oxygens (including phenoxy) is 1. The molecule has 1 N–H and O–H groups in total. The van der Waals surface area contributed by atoms with Crippen molar-refractivity contribution in [3.05, 3.63) is 70.8 Å². The summed E-state index contributed by atoms with van der Waals surface area (Å²) >= 11 is 0. The normalized spacial score (nSPS) is 10.8. The Balaban J connectivity index is 1.88. The number of carbonyl (C=O) groups is 4. The van der Waals surface area contributed by atoms with Crippen LogP contribution in [0.4, 0.5) is 0 Å². The molecule has 2 aromatic carbocycles. The Morgan fingerprint density at radius 1 is 0.926 bits per heavy atom. The van der Waals surface area contributed by atoms with Crippen LogP contribution < -0.4 is 5.32 Å². The molecule has 0 aromatic heterocycles. The number of carbonyl (C=O) groups excluding carboxylic acids is 4. The summed E-state index contributed by atoms with van der Waals surface area (Å²) in [6.45, 7) is 5.60. The second-order valence-corrected chi connectivity index (χ2v) is 7.02. The Hall–Kier alpha value is -3.28. The van der Waals surface area contributed by atoms with Gasteiger partial charge in [-0.15, -0.1) is 0 Å². The number of rotatable bonds is 5. The van der Waals surface area contributed by atoms with Gasteiger partial charge in [-0.1, -0.05) is 45.0 Å². The zero-order valence-corrected chi connectivity index (χ0v) is 15.4. The Labute approximate surface area is 157 Å². The second kappa shape index (κ2) is 8.40. The molecule has 0 aliphatic rings. The van der Waals surface area contributed by atoms with E-state index in [1.807, 2.05) is 12.1 Å². The molecule has 0 bridgehead atoms. The highest BCUT2D eigenvalue weighted by Gasteiger charge is 2.16. The van der Waals surface area contributed by atoms with Crippen LogP contribution in [0, 0.1) is 0 Å². The van der Waals surface area contributed by atoms with E-state index in [0.29, 0.717) is 17.4 Å². The van der Waals surface area contributed by atoms with Crippen molar-refractivity contribution in [3.63, 3.8) is 0 Å². The standard InChI is InChI=1S/C21H21NO5/c1-21(2,3)17-10-8-15(9-11-17)19(25)22-18(24)13-27-20(26)16-6-4-14(12-23)5-7-16/h4-12H,13H2,1-3H3,(H,22,24,25). The Morgan fingerprint density at radius 3 is 2.00 bits per heavy atom. The predicted octanol–water partition coefficient (Wildman–Crippen LogP) is 2.91. The summed E-state index contributed by atoms with van der Waals surface area (Å²) in [6, 6.07) is 12.7. The minimum absolute atomic E-state index is 0.0387. The SMILES string of the molecule is CC(C)(C)c1ccc(C(=O)NC(=O)COC(=O)c2ccc(C=O)cc2)cc1. The number of benzene rings is 2. The molecule has 140 valence electrons. The van der Waals surface area contributed by atoms with Gasteiger partial charge in [-0.25, -0.2) is 4.79 Å². The number of amides is 2. The molecular formula is C21H21NO5. The monoisotopic (exact) mass is 367 g/mol. The van der Waals surface area contributed by atoms with Crippen LogP contribution in [0.1, 0.15) is 57.4 Å². The molecule has 27 heavy (non-hydrogen) atoms. The van der Waals surface area contributed by atoms with Gasteiger partial charge < -0.3 is 4.74 Å². The maximum Gasteiger partial charge on any atom is 0.338 e. The maximum absolute atomic E-state index is 12.1. The topological polar surface area (TPSA) is 89.5 Å². The zero-order chi connectivity index (χ0) is 20.0. The maximum atomic E-state index is 12.1. The van der Waals surface area contributed by atoms with E-state index in [0.717, 1.165) is 5.56 Å². The molecular weight excluding hydrogens is 346 g/mol. The second-order valence-electron chi connectivity index (χ2n) is 7.02. The van der Waals surface area contributed by atoms with Crippen molar-refractivity contribution in [3.8, 4) is 0 Å². The van der Waals surface area contributed by atoms with Crippen LogP contribution in [0.15, 0.2) is 48.5 Å². The van der Waals surface area contributed by atoms with Crippen LogP contribution in [-0.4, -0.2) is 30.7 Å². The quantitative estimate of drug-likeness (QED) is 0.648. The summed E-state index contributed by atoms with van der Waals surface area (Å²) < 4.78 is 4.87. The summed E-state index contributed by atoms with van der Waals surface area (Å²) in [5.74, 6) is -2.01. The van der Waals surface area contributed by atoms with E-state index >= 15 is 0 Å². The molecule has 0 heterocycles. The zero-order valence-electron chi connectivity index (χ0n) is 15.4. The summed E-state index contributed by atoms with van der Waals surface area (Å²) in [7, 11) is 0. The lowest BCUT2D eigenvalue weighted by atomic mass is 9.87. The van der Waals surface area contributed by atoms with Gasteiger partial charge in [-0.3, -0.25) is 19.7 Å². The Bertz CT molecular complexity index is 846. The van der Waals surface area contributed by atoms with Crippen molar-refractivity contribution < 1.29 is 23.9 Å². The fraction of sp³-hybridized carbons (Fsp3) is 0.238. The van der Waals surface area contributed by atoms with Gasteiger partial charge in [0.1, 0.15) is 6.29 Å². The summed E-state index contributed by atoms with van der Waals surface area (Å²) in [5.41, 5.74) is 2.00. The summed E-state index contributed by atoms with van der Waals surface area (Å²) in [4.78, 5) is 46.4. The summed E-state index contributed by atoms with van der Waals surface area (Å²) in [6.07, 6.45) is 0.655. The number of aldehydes is 1. The molecule has 0 radical (unpaired) electrons. The van der Waals surface area contributed by atoms with Gasteiger partial charge in [0.25, 0.3) is 11.8 Å². The van der Waals surface area contributed by atoms with Gasteiger partial charge in [0, 0.05) is 11.1 Å². The van der Waals surface area contributed by atoms with Crippen molar-refractivity contribution in [1.82, 2.24) is 5.32 Å². The number of esters is 1. The van der Waals surface area contributed by atoms with Gasteiger partial charge in [-0.2, -0.15) is 0 Å². The van der Waals surface area contributed by atoms with Crippen molar-refractivity contribution in [2.45, 2.75) is 26.2 Å². The third-order valence-corrected chi connectivity index (χ3v) is 3.88. The van der Waals surface area contributed by atoms with Crippen LogP contribution in [0.25, 0.3) is 0 Å². The highest BCUT2D eigenvalue weighted by Crippen LogP contribution is 2.22. The summed E-state index contributed by atoms with van der Waals surface area (Å²) in [5, 5.41) is 2.18. The number of imide groups is 1. The predicted molar refractivity (Wildman–Crippen MR) is 99.7 cm³/mol. The molecule has 6 heteroatoms. The molecule has 2 aromatic rings. The van der Waals surface area contributed by atoms with Gasteiger partial charge in [0.15, 0.2) is 6.61 Å². The Morgan fingerprint density at radius 2 is 1.48 bits per heavy atom. The molecule has 0 unspecified atom stereocenters. The molecule has 2 amide bonds. The third kappa shape index (κ3) is 5.60. The van der Waals surface area contributed by atoms with E-state index in [2.05, 4.69) is 26.1 Å². The lowest BCUT2D eigenvalue weighted by Gasteiger charge is -2.18. The first kappa shape index (κ1) is 20.0. The van der Waals surface area contributed by atoms with Crippen LogP contribution in [0.2, 0.25) is 0 Å². The van der Waals surface area contributed by atoms with E-state index in [-0.39, 0.29) is 11.0 Å². The lowest BCUT2D eigenvalue weighted by molar-refractivity contribution is -0.123. The minimum atomic E-state index is -0.724. The molecule has 6 nitrogen and oxygen atoms in total. The van der Waals surface area contributed by atoms with Crippen LogP contribution in [0.5, 0.6) is 0 Å². The van der Waals surface area contributed by atoms with Crippen LogP contribution in [-0.2, 0) is 14.9 Å². The largest absolute Gasteiger partial charge is 0.452 e. The third-order valence-electron chi connectivity index (χ3n) is 3.88. The molecule has 0 spiro atoms. The molecule has 0 fully saturated rings. The smallest absolute Gasteiger partial charge is 0.338 e. The van der Waals surface area contributed by atoms with E-state index in [4.69, 9.17) is 4.74 Å². The average molecular weight is 367 g/mol. The average Bonchev–Trinajstić information content (AvgIpc) is 2.65. The van der Waals surface area contributed by atoms with Crippen LogP contribution >= 0.6 is 0 Å². The lowest BCUT2D eigenvalue weighted by Crippen LogP contribution is -2.34. The number of hydrogen-bond acceptors (Lipinski definition) is 5. The van der Waals surface area contributed by atoms with E-state index in [9.17, 15) is 19.2 Å². The number of nitrogens with one attached hydrogen (secondary N) is 1. The van der Waals surface area contributed by atoms with Gasteiger partial charge >= 0.3 is 5.97 Å². The molecule has 0 atom stereocenters. The fourth-order valence-electron chi connectivity index (χ4n) is 2.27. The number of hydrogen-bond donors (Lipinski definition) is 1. The molecule has 0 aliphatic heterocycles. The first-order chi connectivity index (χ1) is 12.7. The van der Waals surface area contributed by atoms with Gasteiger partial charge in [0.2, 0.25) is 0 Å². The highest BCUT2D eigenvalue weighted by molar-refractivity contribution is 6.05. The highest BCUT2D eigenvalue weighted by atomic mass is 16.5.